The lowest BCUT2D eigenvalue weighted by Gasteiger charge is -2.15. The van der Waals surface area contributed by atoms with E-state index in [1.165, 1.54) is 32.3 Å². The van der Waals surface area contributed by atoms with Gasteiger partial charge in [-0.15, -0.1) is 0 Å². The highest BCUT2D eigenvalue weighted by Crippen LogP contribution is 2.39. The van der Waals surface area contributed by atoms with Gasteiger partial charge in [0.25, 0.3) is 0 Å². The fraction of sp³-hybridized carbons (Fsp3) is 0. The van der Waals surface area contributed by atoms with Crippen molar-refractivity contribution in [3.63, 3.8) is 0 Å². The van der Waals surface area contributed by atoms with Gasteiger partial charge in [0.15, 0.2) is 17.5 Å². The zero-order valence-electron chi connectivity index (χ0n) is 29.1. The summed E-state index contributed by atoms with van der Waals surface area (Å²) in [7, 11) is 0. The van der Waals surface area contributed by atoms with Crippen LogP contribution in [-0.4, -0.2) is 24.1 Å². The first kappa shape index (κ1) is 30.3. The number of para-hydroxylation sites is 4. The molecule has 0 atom stereocenters. The quantitative estimate of drug-likeness (QED) is 0.181. The van der Waals surface area contributed by atoms with Crippen LogP contribution in [0.15, 0.2) is 188 Å². The molecule has 0 aliphatic rings. The third-order valence-electron chi connectivity index (χ3n) is 10.5. The molecule has 0 fully saturated rings. The summed E-state index contributed by atoms with van der Waals surface area (Å²) in [4.78, 5) is 15.7. The van der Waals surface area contributed by atoms with Gasteiger partial charge in [0.05, 0.1) is 27.8 Å². The minimum atomic E-state index is 0.616. The Hall–Kier alpha value is -7.37. The van der Waals surface area contributed by atoms with Crippen LogP contribution in [0.4, 0.5) is 0 Å². The van der Waals surface area contributed by atoms with E-state index in [0.29, 0.717) is 17.5 Å². The van der Waals surface area contributed by atoms with E-state index in [1.54, 1.807) is 0 Å². The van der Waals surface area contributed by atoms with Crippen molar-refractivity contribution < 1.29 is 0 Å². The second kappa shape index (κ2) is 12.1. The van der Waals surface area contributed by atoms with E-state index in [-0.39, 0.29) is 0 Å². The summed E-state index contributed by atoms with van der Waals surface area (Å²) >= 11 is 0. The lowest BCUT2D eigenvalue weighted by molar-refractivity contribution is 1.06. The smallest absolute Gasteiger partial charge is 0.166 e. The fourth-order valence-corrected chi connectivity index (χ4v) is 8.08. The van der Waals surface area contributed by atoms with Crippen LogP contribution in [0.2, 0.25) is 0 Å². The third kappa shape index (κ3) is 4.76. The van der Waals surface area contributed by atoms with Gasteiger partial charge in [-0.05, 0) is 65.4 Å². The molecule has 0 saturated carbocycles. The van der Waals surface area contributed by atoms with Crippen molar-refractivity contribution in [2.75, 3.05) is 0 Å². The maximum Gasteiger partial charge on any atom is 0.166 e. The molecule has 0 aliphatic carbocycles. The van der Waals surface area contributed by atoms with Crippen LogP contribution in [-0.2, 0) is 0 Å². The summed E-state index contributed by atoms with van der Waals surface area (Å²) in [6, 6.07) is 66.2. The molecule has 0 bridgehead atoms. The molecule has 0 radical (unpaired) electrons. The first-order chi connectivity index (χ1) is 26.8. The lowest BCUT2D eigenvalue weighted by atomic mass is 10.1. The van der Waals surface area contributed by atoms with Crippen LogP contribution >= 0.6 is 0 Å². The van der Waals surface area contributed by atoms with Crippen LogP contribution < -0.4 is 0 Å². The monoisotopic (exact) mass is 689 g/mol. The minimum absolute atomic E-state index is 0.616. The van der Waals surface area contributed by atoms with Gasteiger partial charge >= 0.3 is 0 Å². The maximum atomic E-state index is 5.30. The summed E-state index contributed by atoms with van der Waals surface area (Å²) in [5.74, 6) is 1.86. The molecular formula is C49H31N5. The molecule has 5 nitrogen and oxygen atoms in total. The molecule has 0 aliphatic heterocycles. The van der Waals surface area contributed by atoms with Crippen molar-refractivity contribution in [1.29, 1.82) is 0 Å². The number of aromatic nitrogens is 5. The molecule has 0 saturated heterocycles. The number of hydrogen-bond donors (Lipinski definition) is 0. The van der Waals surface area contributed by atoms with Crippen LogP contribution in [0.3, 0.4) is 0 Å². The van der Waals surface area contributed by atoms with E-state index in [0.717, 1.165) is 50.1 Å². The Balaban J connectivity index is 1.17. The Kier molecular flexibility index (Phi) is 6.79. The number of fused-ring (bicyclic) bond motifs is 7. The van der Waals surface area contributed by atoms with Crippen molar-refractivity contribution >= 4 is 54.4 Å². The van der Waals surface area contributed by atoms with Gasteiger partial charge in [-0.2, -0.15) is 0 Å². The van der Waals surface area contributed by atoms with Crippen LogP contribution in [0.1, 0.15) is 0 Å². The maximum absolute atomic E-state index is 5.30. The van der Waals surface area contributed by atoms with E-state index in [2.05, 4.69) is 179 Å². The number of rotatable bonds is 5. The van der Waals surface area contributed by atoms with Crippen molar-refractivity contribution in [2.24, 2.45) is 0 Å². The van der Waals surface area contributed by atoms with Gasteiger partial charge in [0.1, 0.15) is 0 Å². The molecule has 0 unspecified atom stereocenters. The molecule has 8 aromatic carbocycles. The highest BCUT2D eigenvalue weighted by Gasteiger charge is 2.20. The van der Waals surface area contributed by atoms with Gasteiger partial charge in [0.2, 0.25) is 0 Å². The average Bonchev–Trinajstić information content (AvgIpc) is 3.75. The molecule has 0 amide bonds. The number of hydrogen-bond acceptors (Lipinski definition) is 3. The summed E-state index contributed by atoms with van der Waals surface area (Å²) < 4.78 is 4.69. The second-order valence-corrected chi connectivity index (χ2v) is 13.7. The van der Waals surface area contributed by atoms with Gasteiger partial charge < -0.3 is 9.13 Å². The Morgan fingerprint density at radius 1 is 0.315 bits per heavy atom. The van der Waals surface area contributed by atoms with Crippen molar-refractivity contribution in [3.8, 4) is 45.5 Å². The average molecular weight is 690 g/mol. The van der Waals surface area contributed by atoms with Gasteiger partial charge in [-0.1, -0.05) is 133 Å². The molecule has 5 heteroatoms. The van der Waals surface area contributed by atoms with E-state index >= 15 is 0 Å². The zero-order chi connectivity index (χ0) is 35.6. The Morgan fingerprint density at radius 3 is 1.63 bits per heavy atom. The van der Waals surface area contributed by atoms with Crippen LogP contribution in [0.5, 0.6) is 0 Å². The summed E-state index contributed by atoms with van der Waals surface area (Å²) in [6.07, 6.45) is 0. The number of nitrogens with zero attached hydrogens (tertiary/aromatic N) is 5. The lowest BCUT2D eigenvalue weighted by Crippen LogP contribution is -2.03. The standard InChI is InChI=1S/C49H31N5/c1-3-15-32(16-4-1)47-50-48(35-27-28-39-37-21-9-12-24-42(37)53(45(39)31-35)36-19-5-2-6-20-36)52-49(51-47)40-23-11-14-26-44(40)54-43-25-13-10-22-38(43)41-29-33-17-7-8-18-34(33)30-46(41)54/h1-31H. The first-order valence-corrected chi connectivity index (χ1v) is 18.2. The second-order valence-electron chi connectivity index (χ2n) is 13.7. The third-order valence-corrected chi connectivity index (χ3v) is 10.5. The zero-order valence-corrected chi connectivity index (χ0v) is 29.1. The fourth-order valence-electron chi connectivity index (χ4n) is 8.08. The number of benzene rings is 8. The van der Waals surface area contributed by atoms with Crippen molar-refractivity contribution in [3.05, 3.63) is 188 Å². The summed E-state index contributed by atoms with van der Waals surface area (Å²) in [5, 5.41) is 7.22. The largest absolute Gasteiger partial charge is 0.309 e. The first-order valence-electron chi connectivity index (χ1n) is 18.2. The highest BCUT2D eigenvalue weighted by atomic mass is 15.1. The van der Waals surface area contributed by atoms with Crippen molar-refractivity contribution in [1.82, 2.24) is 24.1 Å². The van der Waals surface area contributed by atoms with E-state index in [9.17, 15) is 0 Å². The van der Waals surface area contributed by atoms with Crippen molar-refractivity contribution in [2.45, 2.75) is 0 Å². The van der Waals surface area contributed by atoms with Crippen LogP contribution in [0, 0.1) is 0 Å². The Labute approximate surface area is 311 Å². The molecule has 11 aromatic rings. The van der Waals surface area contributed by atoms with E-state index in [4.69, 9.17) is 15.0 Å². The molecule has 3 aromatic heterocycles. The SMILES string of the molecule is c1ccc(-c2nc(-c3ccc4c5ccccc5n(-c5ccccc5)c4c3)nc(-c3ccccc3-n3c4ccccc4c4cc5ccccc5cc43)n2)cc1. The Bertz CT molecular complexity index is 3210. The van der Waals surface area contributed by atoms with Gasteiger partial charge in [-0.25, -0.2) is 15.0 Å². The van der Waals surface area contributed by atoms with Gasteiger partial charge in [-0.3, -0.25) is 0 Å². The van der Waals surface area contributed by atoms with E-state index < -0.39 is 0 Å². The predicted molar refractivity (Wildman–Crippen MR) is 222 cm³/mol. The summed E-state index contributed by atoms with van der Waals surface area (Å²) in [5.41, 5.74) is 9.42. The minimum Gasteiger partial charge on any atom is -0.309 e. The molecule has 0 spiro atoms. The van der Waals surface area contributed by atoms with E-state index in [1.807, 2.05) is 18.2 Å². The predicted octanol–water partition coefficient (Wildman–Crippen LogP) is 12.2. The molecule has 54 heavy (non-hydrogen) atoms. The van der Waals surface area contributed by atoms with Crippen LogP contribution in [0.25, 0.3) is 99.9 Å². The van der Waals surface area contributed by atoms with Gasteiger partial charge in [0, 0.05) is 43.9 Å². The normalized spacial score (nSPS) is 11.7. The molecule has 252 valence electrons. The molecule has 0 N–H and O–H groups in total. The Morgan fingerprint density at radius 2 is 0.852 bits per heavy atom. The molecular weight excluding hydrogens is 659 g/mol. The highest BCUT2D eigenvalue weighted by molar-refractivity contribution is 6.14. The molecule has 3 heterocycles. The summed E-state index contributed by atoms with van der Waals surface area (Å²) in [6.45, 7) is 0. The topological polar surface area (TPSA) is 48.5 Å². The molecule has 11 rings (SSSR count).